The number of hydrogen-bond acceptors (Lipinski definition) is 8. The first-order valence-corrected chi connectivity index (χ1v) is 10.4. The van der Waals surface area contributed by atoms with E-state index in [1.807, 2.05) is 0 Å². The Labute approximate surface area is 187 Å². The molecule has 5 rings (SSSR count). The Morgan fingerprint density at radius 3 is 2.79 bits per heavy atom. The summed E-state index contributed by atoms with van der Waals surface area (Å²) in [7, 11) is 1.46. The Hall–Kier alpha value is -3.67. The molecule has 0 amide bonds. The lowest BCUT2D eigenvalue weighted by Crippen LogP contribution is -2.26. The third-order valence-electron chi connectivity index (χ3n) is 5.66. The number of methoxy groups -OCH3 is 1. The third kappa shape index (κ3) is 3.65. The van der Waals surface area contributed by atoms with Gasteiger partial charge in [-0.25, -0.2) is 28.2 Å². The lowest BCUT2D eigenvalue weighted by Gasteiger charge is -2.27. The zero-order valence-electron chi connectivity index (χ0n) is 18.2. The number of aromatic amines is 1. The molecule has 0 saturated carbocycles. The summed E-state index contributed by atoms with van der Waals surface area (Å²) in [6, 6.07) is 1.01. The van der Waals surface area contributed by atoms with Gasteiger partial charge >= 0.3 is 0 Å². The van der Waals surface area contributed by atoms with Crippen LogP contribution in [0.15, 0.2) is 24.7 Å². The molecule has 0 bridgehead atoms. The van der Waals surface area contributed by atoms with Gasteiger partial charge in [-0.2, -0.15) is 10.2 Å². The number of hydrogen-bond donors (Lipinski definition) is 2. The number of nitrogens with one attached hydrogen (secondary N) is 1. The number of ether oxygens (including phenoxy) is 1. The van der Waals surface area contributed by atoms with Gasteiger partial charge < -0.3 is 14.7 Å². The van der Waals surface area contributed by atoms with Crippen molar-refractivity contribution in [2.45, 2.75) is 38.3 Å². The van der Waals surface area contributed by atoms with Crippen LogP contribution >= 0.6 is 0 Å². The Kier molecular flexibility index (Phi) is 4.96. The molecule has 33 heavy (non-hydrogen) atoms. The van der Waals surface area contributed by atoms with Crippen LogP contribution in [-0.2, 0) is 5.60 Å². The SMILES string of the molecule is COc1ncc(F)cc1[C@H]1CCCN1c1nc2c(-c3n[nH]c(C(C)(C)O)n3)cnn2cc1F. The molecule has 1 saturated heterocycles. The Balaban J connectivity index is 1.59. The molecule has 0 spiro atoms. The van der Waals surface area contributed by atoms with Crippen molar-refractivity contribution < 1.29 is 18.6 Å². The summed E-state index contributed by atoms with van der Waals surface area (Å²) >= 11 is 0. The summed E-state index contributed by atoms with van der Waals surface area (Å²) in [5.41, 5.74) is 0.153. The molecule has 1 atom stereocenters. The molecule has 0 radical (unpaired) electrons. The van der Waals surface area contributed by atoms with Gasteiger partial charge in [0.1, 0.15) is 11.4 Å². The largest absolute Gasteiger partial charge is 0.481 e. The van der Waals surface area contributed by atoms with Gasteiger partial charge in [0, 0.05) is 12.1 Å². The number of anilines is 1. The van der Waals surface area contributed by atoms with Crippen LogP contribution in [0.2, 0.25) is 0 Å². The van der Waals surface area contributed by atoms with Crippen LogP contribution in [0.1, 0.15) is 44.1 Å². The summed E-state index contributed by atoms with van der Waals surface area (Å²) < 4.78 is 35.7. The zero-order chi connectivity index (χ0) is 23.3. The maximum Gasteiger partial charge on any atom is 0.218 e. The number of aromatic nitrogens is 7. The van der Waals surface area contributed by atoms with Crippen molar-refractivity contribution in [3.63, 3.8) is 0 Å². The lowest BCUT2D eigenvalue weighted by molar-refractivity contribution is 0.0692. The highest BCUT2D eigenvalue weighted by Gasteiger charge is 2.33. The molecule has 1 fully saturated rings. The molecule has 4 aromatic rings. The fourth-order valence-corrected chi connectivity index (χ4v) is 4.09. The zero-order valence-corrected chi connectivity index (χ0v) is 18.2. The third-order valence-corrected chi connectivity index (χ3v) is 5.66. The molecule has 5 heterocycles. The van der Waals surface area contributed by atoms with Crippen molar-refractivity contribution in [2.24, 2.45) is 0 Å². The quantitative estimate of drug-likeness (QED) is 0.471. The van der Waals surface area contributed by atoms with Crippen molar-refractivity contribution in [1.82, 2.24) is 34.8 Å². The first kappa shape index (κ1) is 21.2. The van der Waals surface area contributed by atoms with E-state index in [0.29, 0.717) is 35.6 Å². The predicted octanol–water partition coefficient (Wildman–Crippen LogP) is 2.77. The van der Waals surface area contributed by atoms with Gasteiger partial charge in [0.05, 0.1) is 37.3 Å². The predicted molar refractivity (Wildman–Crippen MR) is 114 cm³/mol. The van der Waals surface area contributed by atoms with Crippen molar-refractivity contribution in [1.29, 1.82) is 0 Å². The molecule has 0 unspecified atom stereocenters. The number of aliphatic hydroxyl groups is 1. The van der Waals surface area contributed by atoms with Gasteiger partial charge in [0.2, 0.25) is 5.88 Å². The van der Waals surface area contributed by atoms with Crippen molar-refractivity contribution in [2.75, 3.05) is 18.6 Å². The van der Waals surface area contributed by atoms with Crippen molar-refractivity contribution >= 4 is 11.5 Å². The minimum atomic E-state index is -1.21. The van der Waals surface area contributed by atoms with Crippen LogP contribution in [0, 0.1) is 11.6 Å². The number of rotatable bonds is 5. The van der Waals surface area contributed by atoms with Crippen LogP contribution in [0.3, 0.4) is 0 Å². The molecule has 1 aliphatic rings. The topological polar surface area (TPSA) is 117 Å². The smallest absolute Gasteiger partial charge is 0.218 e. The normalized spacial score (nSPS) is 16.7. The molecule has 0 aromatic carbocycles. The first-order chi connectivity index (χ1) is 15.8. The van der Waals surface area contributed by atoms with Gasteiger partial charge in [0.25, 0.3) is 0 Å². The van der Waals surface area contributed by atoms with Crippen molar-refractivity contribution in [3.05, 3.63) is 47.7 Å². The molecular formula is C21H22F2N8O2. The molecule has 10 nitrogen and oxygen atoms in total. The minimum Gasteiger partial charge on any atom is -0.481 e. The van der Waals surface area contributed by atoms with Crippen molar-refractivity contribution in [3.8, 4) is 17.3 Å². The average Bonchev–Trinajstić information content (AvgIpc) is 3.51. The summed E-state index contributed by atoms with van der Waals surface area (Å²) in [5, 5.41) is 21.2. The summed E-state index contributed by atoms with van der Waals surface area (Å²) in [5.74, 6) is -0.104. The van der Waals surface area contributed by atoms with Gasteiger partial charge in [-0.1, -0.05) is 0 Å². The summed E-state index contributed by atoms with van der Waals surface area (Å²) in [4.78, 5) is 14.7. The van der Waals surface area contributed by atoms with Gasteiger partial charge in [-0.15, -0.1) is 0 Å². The number of H-pyrrole nitrogens is 1. The Morgan fingerprint density at radius 2 is 2.06 bits per heavy atom. The molecular weight excluding hydrogens is 434 g/mol. The van der Waals surface area contributed by atoms with E-state index in [1.54, 1.807) is 18.7 Å². The second kappa shape index (κ2) is 7.73. The first-order valence-electron chi connectivity index (χ1n) is 10.4. The van der Waals surface area contributed by atoms with E-state index < -0.39 is 17.2 Å². The van der Waals surface area contributed by atoms with E-state index in [-0.39, 0.29) is 23.5 Å². The maximum atomic E-state index is 15.1. The van der Waals surface area contributed by atoms with Crippen LogP contribution in [0.4, 0.5) is 14.6 Å². The highest BCUT2D eigenvalue weighted by Crippen LogP contribution is 2.40. The molecule has 12 heteroatoms. The van der Waals surface area contributed by atoms with Crippen LogP contribution < -0.4 is 9.64 Å². The molecule has 1 aliphatic heterocycles. The number of nitrogens with zero attached hydrogens (tertiary/aromatic N) is 7. The lowest BCUT2D eigenvalue weighted by atomic mass is 10.1. The highest BCUT2D eigenvalue weighted by atomic mass is 19.1. The number of fused-ring (bicyclic) bond motifs is 1. The Bertz CT molecular complexity index is 1330. The monoisotopic (exact) mass is 456 g/mol. The second-order valence-electron chi connectivity index (χ2n) is 8.41. The molecule has 172 valence electrons. The molecule has 2 N–H and O–H groups in total. The van der Waals surface area contributed by atoms with E-state index in [4.69, 9.17) is 4.74 Å². The number of halogens is 2. The summed E-state index contributed by atoms with van der Waals surface area (Å²) in [6.45, 7) is 3.70. The van der Waals surface area contributed by atoms with Gasteiger partial charge in [-0.05, 0) is 32.8 Å². The standard InChI is InChI=1S/C21H22F2N8O2/c1-21(2,32)20-26-16(28-29-20)13-9-25-31-10-14(23)18(27-17(13)31)30-6-4-5-15(30)12-7-11(22)8-24-19(12)33-3/h7-10,15,32H,4-6H2,1-3H3,(H,26,28,29)/t15-/m1/s1. The second-order valence-corrected chi connectivity index (χ2v) is 8.41. The maximum absolute atomic E-state index is 15.1. The fourth-order valence-electron chi connectivity index (χ4n) is 4.09. The molecule has 0 aliphatic carbocycles. The molecule has 4 aromatic heterocycles. The van der Waals surface area contributed by atoms with Gasteiger partial charge in [0.15, 0.2) is 28.9 Å². The van der Waals surface area contributed by atoms with E-state index in [2.05, 4.69) is 30.2 Å². The van der Waals surface area contributed by atoms with Crippen LogP contribution in [0.5, 0.6) is 5.88 Å². The fraction of sp³-hybridized carbons (Fsp3) is 0.381. The average molecular weight is 456 g/mol. The Morgan fingerprint density at radius 1 is 1.24 bits per heavy atom. The van der Waals surface area contributed by atoms with E-state index in [1.165, 1.54) is 30.1 Å². The van der Waals surface area contributed by atoms with E-state index >= 15 is 4.39 Å². The summed E-state index contributed by atoms with van der Waals surface area (Å²) in [6.07, 6.45) is 5.24. The van der Waals surface area contributed by atoms with Crippen LogP contribution in [0.25, 0.3) is 17.0 Å². The number of pyridine rings is 1. The van der Waals surface area contributed by atoms with Gasteiger partial charge in [-0.3, -0.25) is 5.10 Å². The minimum absolute atomic E-state index is 0.108. The van der Waals surface area contributed by atoms with E-state index in [0.717, 1.165) is 12.6 Å². The van der Waals surface area contributed by atoms with Crippen LogP contribution in [-0.4, -0.2) is 53.5 Å². The highest BCUT2D eigenvalue weighted by molar-refractivity contribution is 5.73. The van der Waals surface area contributed by atoms with E-state index in [9.17, 15) is 9.50 Å².